The normalized spacial score (nSPS) is 15.9. The Morgan fingerprint density at radius 3 is 2.71 bits per heavy atom. The molecule has 1 saturated carbocycles. The Labute approximate surface area is 125 Å². The zero-order chi connectivity index (χ0) is 14.7. The molecule has 21 heavy (non-hydrogen) atoms. The minimum atomic E-state index is 0.387. The minimum absolute atomic E-state index is 0.387. The van der Waals surface area contributed by atoms with Gasteiger partial charge in [-0.05, 0) is 43.4 Å². The van der Waals surface area contributed by atoms with Gasteiger partial charge in [-0.25, -0.2) is 0 Å². The fourth-order valence-electron chi connectivity index (χ4n) is 2.68. The topological polar surface area (TPSA) is 52.0 Å². The van der Waals surface area contributed by atoms with Gasteiger partial charge in [-0.2, -0.15) is 0 Å². The zero-order valence-corrected chi connectivity index (χ0v) is 12.6. The van der Waals surface area contributed by atoms with E-state index in [4.69, 9.17) is 4.74 Å². The maximum absolute atomic E-state index is 5.23. The lowest BCUT2D eigenvalue weighted by Gasteiger charge is -2.19. The molecule has 0 aliphatic heterocycles. The molecule has 1 heterocycles. The molecule has 1 fully saturated rings. The first-order valence-electron chi connectivity index (χ1n) is 7.55. The standard InChI is InChI=1S/C16H22N4O/c1-3-20-11-18-19-15(20)10-17-16(12-4-5-12)13-6-8-14(21-2)9-7-13/h6-9,11-12,16-17H,3-5,10H2,1-2H3. The second-order valence-corrected chi connectivity index (χ2v) is 5.50. The SMILES string of the molecule is CCn1cnnc1CNC(c1ccc(OC)cc1)C1CC1. The van der Waals surface area contributed by atoms with Gasteiger partial charge in [0.1, 0.15) is 17.9 Å². The Balaban J connectivity index is 1.69. The van der Waals surface area contributed by atoms with Crippen LogP contribution in [0.25, 0.3) is 0 Å². The van der Waals surface area contributed by atoms with Gasteiger partial charge in [0.15, 0.2) is 0 Å². The lowest BCUT2D eigenvalue weighted by atomic mass is 10.0. The first-order valence-corrected chi connectivity index (χ1v) is 7.55. The number of nitrogens with zero attached hydrogens (tertiary/aromatic N) is 3. The molecule has 3 rings (SSSR count). The fourth-order valence-corrected chi connectivity index (χ4v) is 2.68. The largest absolute Gasteiger partial charge is 0.497 e. The highest BCUT2D eigenvalue weighted by molar-refractivity contribution is 5.30. The van der Waals surface area contributed by atoms with E-state index in [0.29, 0.717) is 6.04 Å². The molecule has 112 valence electrons. The molecular weight excluding hydrogens is 264 g/mol. The Morgan fingerprint density at radius 2 is 2.10 bits per heavy atom. The average Bonchev–Trinajstić information content (AvgIpc) is 3.26. The quantitative estimate of drug-likeness (QED) is 0.850. The molecule has 0 amide bonds. The Morgan fingerprint density at radius 1 is 1.33 bits per heavy atom. The highest BCUT2D eigenvalue weighted by Gasteiger charge is 2.32. The average molecular weight is 286 g/mol. The van der Waals surface area contributed by atoms with Crippen LogP contribution in [0.3, 0.4) is 0 Å². The van der Waals surface area contributed by atoms with Crippen molar-refractivity contribution in [3.63, 3.8) is 0 Å². The van der Waals surface area contributed by atoms with Gasteiger partial charge in [0.25, 0.3) is 0 Å². The summed E-state index contributed by atoms with van der Waals surface area (Å²) in [6, 6.07) is 8.75. The van der Waals surface area contributed by atoms with Crippen LogP contribution in [0.1, 0.15) is 37.2 Å². The van der Waals surface area contributed by atoms with Crippen LogP contribution in [0.4, 0.5) is 0 Å². The zero-order valence-electron chi connectivity index (χ0n) is 12.6. The van der Waals surface area contributed by atoms with Crippen molar-refractivity contribution in [2.24, 2.45) is 5.92 Å². The number of nitrogens with one attached hydrogen (secondary N) is 1. The summed E-state index contributed by atoms with van der Waals surface area (Å²) in [6.07, 6.45) is 4.38. The highest BCUT2D eigenvalue weighted by atomic mass is 16.5. The van der Waals surface area contributed by atoms with Crippen molar-refractivity contribution < 1.29 is 4.74 Å². The summed E-state index contributed by atoms with van der Waals surface area (Å²) in [6.45, 7) is 3.76. The third kappa shape index (κ3) is 3.24. The summed E-state index contributed by atoms with van der Waals surface area (Å²) in [4.78, 5) is 0. The molecule has 1 unspecified atom stereocenters. The summed E-state index contributed by atoms with van der Waals surface area (Å²) in [5.74, 6) is 2.63. The molecule has 0 saturated heterocycles. The van der Waals surface area contributed by atoms with E-state index in [1.54, 1.807) is 13.4 Å². The first kappa shape index (κ1) is 14.1. The van der Waals surface area contributed by atoms with Crippen molar-refractivity contribution in [3.05, 3.63) is 42.0 Å². The second-order valence-electron chi connectivity index (χ2n) is 5.50. The Kier molecular flexibility index (Phi) is 4.20. The third-order valence-corrected chi connectivity index (χ3v) is 4.08. The molecule has 1 N–H and O–H groups in total. The second kappa shape index (κ2) is 6.26. The smallest absolute Gasteiger partial charge is 0.146 e. The van der Waals surface area contributed by atoms with E-state index in [-0.39, 0.29) is 0 Å². The van der Waals surface area contributed by atoms with Crippen LogP contribution < -0.4 is 10.1 Å². The van der Waals surface area contributed by atoms with Crippen LogP contribution in [0.2, 0.25) is 0 Å². The summed E-state index contributed by atoms with van der Waals surface area (Å²) >= 11 is 0. The summed E-state index contributed by atoms with van der Waals surface area (Å²) in [5, 5.41) is 11.8. The predicted molar refractivity (Wildman–Crippen MR) is 81.0 cm³/mol. The fraction of sp³-hybridized carbons (Fsp3) is 0.500. The maximum atomic E-state index is 5.23. The van der Waals surface area contributed by atoms with Gasteiger partial charge in [0.05, 0.1) is 13.7 Å². The van der Waals surface area contributed by atoms with Crippen molar-refractivity contribution in [2.45, 2.75) is 38.9 Å². The monoisotopic (exact) mass is 286 g/mol. The lowest BCUT2D eigenvalue weighted by Crippen LogP contribution is -2.24. The maximum Gasteiger partial charge on any atom is 0.146 e. The minimum Gasteiger partial charge on any atom is -0.497 e. The van der Waals surface area contributed by atoms with Gasteiger partial charge >= 0.3 is 0 Å². The molecule has 1 aliphatic rings. The van der Waals surface area contributed by atoms with Crippen LogP contribution in [-0.2, 0) is 13.1 Å². The van der Waals surface area contributed by atoms with Gasteiger partial charge in [-0.15, -0.1) is 10.2 Å². The van der Waals surface area contributed by atoms with E-state index in [2.05, 4.69) is 39.1 Å². The van der Waals surface area contributed by atoms with Gasteiger partial charge in [-0.3, -0.25) is 0 Å². The van der Waals surface area contributed by atoms with Crippen LogP contribution in [0, 0.1) is 5.92 Å². The predicted octanol–water partition coefficient (Wildman–Crippen LogP) is 2.55. The van der Waals surface area contributed by atoms with Crippen LogP contribution in [0.15, 0.2) is 30.6 Å². The van der Waals surface area contributed by atoms with Gasteiger partial charge in [0, 0.05) is 12.6 Å². The molecule has 0 bridgehead atoms. The molecule has 5 nitrogen and oxygen atoms in total. The first-order chi connectivity index (χ1) is 10.3. The number of hydrogen-bond donors (Lipinski definition) is 1. The Hall–Kier alpha value is -1.88. The number of aromatic nitrogens is 3. The van der Waals surface area contributed by atoms with Crippen molar-refractivity contribution in [1.82, 2.24) is 20.1 Å². The lowest BCUT2D eigenvalue weighted by molar-refractivity contribution is 0.413. The number of rotatable bonds is 7. The number of aryl methyl sites for hydroxylation is 1. The van der Waals surface area contributed by atoms with Crippen molar-refractivity contribution in [2.75, 3.05) is 7.11 Å². The van der Waals surface area contributed by atoms with Gasteiger partial charge in [-0.1, -0.05) is 12.1 Å². The van der Waals surface area contributed by atoms with Crippen LogP contribution in [0.5, 0.6) is 5.75 Å². The van der Waals surface area contributed by atoms with E-state index >= 15 is 0 Å². The van der Waals surface area contributed by atoms with E-state index < -0.39 is 0 Å². The summed E-state index contributed by atoms with van der Waals surface area (Å²) in [5.41, 5.74) is 1.32. The van der Waals surface area contributed by atoms with E-state index in [1.807, 2.05) is 12.1 Å². The van der Waals surface area contributed by atoms with Crippen molar-refractivity contribution in [1.29, 1.82) is 0 Å². The molecule has 1 aromatic carbocycles. The van der Waals surface area contributed by atoms with Crippen LogP contribution >= 0.6 is 0 Å². The molecule has 0 radical (unpaired) electrons. The van der Waals surface area contributed by atoms with Crippen LogP contribution in [-0.4, -0.2) is 21.9 Å². The van der Waals surface area contributed by atoms with Gasteiger partial charge < -0.3 is 14.6 Å². The highest BCUT2D eigenvalue weighted by Crippen LogP contribution is 2.41. The molecule has 5 heteroatoms. The third-order valence-electron chi connectivity index (χ3n) is 4.08. The number of benzene rings is 1. The number of ether oxygens (including phenoxy) is 1. The molecule has 0 spiro atoms. The molecule has 1 aliphatic carbocycles. The van der Waals surface area contributed by atoms with Crippen molar-refractivity contribution in [3.8, 4) is 5.75 Å². The van der Waals surface area contributed by atoms with E-state index in [9.17, 15) is 0 Å². The van der Waals surface area contributed by atoms with Gasteiger partial charge in [0.2, 0.25) is 0 Å². The number of hydrogen-bond acceptors (Lipinski definition) is 4. The summed E-state index contributed by atoms with van der Waals surface area (Å²) < 4.78 is 7.31. The molecule has 1 atom stereocenters. The van der Waals surface area contributed by atoms with Crippen molar-refractivity contribution >= 4 is 0 Å². The Bertz CT molecular complexity index is 574. The number of methoxy groups -OCH3 is 1. The molecular formula is C16H22N4O. The molecule has 1 aromatic heterocycles. The van der Waals surface area contributed by atoms with E-state index in [1.165, 1.54) is 18.4 Å². The summed E-state index contributed by atoms with van der Waals surface area (Å²) in [7, 11) is 1.70. The molecule has 2 aromatic rings. The van der Waals surface area contributed by atoms with E-state index in [0.717, 1.165) is 30.6 Å².